The fraction of sp³-hybridized carbons (Fsp3) is 0.611. The molecule has 1 aliphatic carbocycles. The Labute approximate surface area is 136 Å². The van der Waals surface area contributed by atoms with Crippen molar-refractivity contribution in [3.8, 4) is 0 Å². The van der Waals surface area contributed by atoms with Gasteiger partial charge in [0.25, 0.3) is 0 Å². The molecule has 21 heavy (non-hydrogen) atoms. The minimum atomic E-state index is -0.0437. The van der Waals surface area contributed by atoms with Gasteiger partial charge < -0.3 is 5.32 Å². The van der Waals surface area contributed by atoms with E-state index in [1.807, 2.05) is 18.2 Å². The summed E-state index contributed by atoms with van der Waals surface area (Å²) in [4.78, 5) is 13.2. The van der Waals surface area contributed by atoms with Crippen molar-refractivity contribution in [1.29, 1.82) is 0 Å². The summed E-state index contributed by atoms with van der Waals surface area (Å²) in [7, 11) is 0. The summed E-state index contributed by atoms with van der Waals surface area (Å²) in [5, 5.41) is 3.30. The van der Waals surface area contributed by atoms with E-state index in [1.54, 1.807) is 0 Å². The number of benzene rings is 1. The fourth-order valence-corrected chi connectivity index (χ4v) is 3.88. The van der Waals surface area contributed by atoms with Gasteiger partial charge in [0.2, 0.25) is 5.91 Å². The first-order valence-corrected chi connectivity index (χ1v) is 9.04. The molecular formula is C18H26BrNO. The summed E-state index contributed by atoms with van der Waals surface area (Å²) >= 11 is 3.73. The van der Waals surface area contributed by atoms with Crippen molar-refractivity contribution in [2.75, 3.05) is 0 Å². The van der Waals surface area contributed by atoms with Crippen LogP contribution in [0.4, 0.5) is 0 Å². The Balaban J connectivity index is 2.11. The summed E-state index contributed by atoms with van der Waals surface area (Å²) in [6.45, 7) is 4.32. The molecule has 2 rings (SSSR count). The molecule has 0 radical (unpaired) electrons. The maximum atomic E-state index is 12.8. The van der Waals surface area contributed by atoms with Crippen molar-refractivity contribution in [3.05, 3.63) is 35.9 Å². The number of hydrogen-bond acceptors (Lipinski definition) is 1. The number of hydrogen-bond donors (Lipinski definition) is 1. The largest absolute Gasteiger partial charge is 0.352 e. The summed E-state index contributed by atoms with van der Waals surface area (Å²) in [5.74, 6) is 0.495. The lowest BCUT2D eigenvalue weighted by molar-refractivity contribution is -0.124. The molecular weight excluding hydrogens is 326 g/mol. The Morgan fingerprint density at radius 3 is 2.57 bits per heavy atom. The Bertz CT molecular complexity index is 448. The first-order chi connectivity index (χ1) is 10.1. The molecule has 1 saturated carbocycles. The second-order valence-corrected chi connectivity index (χ2v) is 7.37. The maximum absolute atomic E-state index is 12.8. The molecule has 3 heteroatoms. The SMILES string of the molecule is CCC(C)C(C(=O)NC1CCCCC1Br)c1ccccc1. The number of alkyl halides is 1. The smallest absolute Gasteiger partial charge is 0.228 e. The number of carbonyl (C=O) groups excluding carboxylic acids is 1. The van der Waals surface area contributed by atoms with E-state index in [9.17, 15) is 4.79 Å². The number of carbonyl (C=O) groups is 1. The maximum Gasteiger partial charge on any atom is 0.228 e. The molecule has 2 nitrogen and oxygen atoms in total. The second-order valence-electron chi connectivity index (χ2n) is 6.19. The van der Waals surface area contributed by atoms with Gasteiger partial charge in [-0.2, -0.15) is 0 Å². The van der Waals surface area contributed by atoms with Gasteiger partial charge in [0.15, 0.2) is 0 Å². The van der Waals surface area contributed by atoms with Gasteiger partial charge in [-0.25, -0.2) is 0 Å². The molecule has 0 saturated heterocycles. The molecule has 4 unspecified atom stereocenters. The third kappa shape index (κ3) is 4.32. The third-order valence-corrected chi connectivity index (χ3v) is 5.76. The number of nitrogens with one attached hydrogen (secondary N) is 1. The van der Waals surface area contributed by atoms with E-state index < -0.39 is 0 Å². The molecule has 0 spiro atoms. The van der Waals surface area contributed by atoms with Gasteiger partial charge in [-0.05, 0) is 24.3 Å². The van der Waals surface area contributed by atoms with Crippen molar-refractivity contribution < 1.29 is 4.79 Å². The van der Waals surface area contributed by atoms with E-state index in [2.05, 4.69) is 47.2 Å². The number of rotatable bonds is 5. The van der Waals surface area contributed by atoms with Crippen LogP contribution in [0.2, 0.25) is 0 Å². The fourth-order valence-electron chi connectivity index (χ4n) is 3.16. The highest BCUT2D eigenvalue weighted by molar-refractivity contribution is 9.09. The molecule has 1 aromatic rings. The lowest BCUT2D eigenvalue weighted by atomic mass is 9.84. The van der Waals surface area contributed by atoms with Crippen LogP contribution in [-0.2, 0) is 4.79 Å². The van der Waals surface area contributed by atoms with Crippen LogP contribution in [0, 0.1) is 5.92 Å². The van der Waals surface area contributed by atoms with Gasteiger partial charge in [0.05, 0.1) is 5.92 Å². The lowest BCUT2D eigenvalue weighted by Crippen LogP contribution is -2.45. The lowest BCUT2D eigenvalue weighted by Gasteiger charge is -2.31. The van der Waals surface area contributed by atoms with E-state index in [0.717, 1.165) is 24.8 Å². The molecule has 4 atom stereocenters. The van der Waals surface area contributed by atoms with Crippen LogP contribution in [0.25, 0.3) is 0 Å². The van der Waals surface area contributed by atoms with Gasteiger partial charge in [-0.3, -0.25) is 4.79 Å². The summed E-state index contributed by atoms with van der Waals surface area (Å²) < 4.78 is 0. The average Bonchev–Trinajstić information content (AvgIpc) is 2.50. The molecule has 0 aliphatic heterocycles. The zero-order chi connectivity index (χ0) is 15.2. The number of amides is 1. The van der Waals surface area contributed by atoms with E-state index in [4.69, 9.17) is 0 Å². The summed E-state index contributed by atoms with van der Waals surface area (Å²) in [6.07, 6.45) is 5.73. The highest BCUT2D eigenvalue weighted by Gasteiger charge is 2.30. The first kappa shape index (κ1) is 16.5. The van der Waals surface area contributed by atoms with E-state index in [-0.39, 0.29) is 17.9 Å². The molecule has 1 aromatic carbocycles. The molecule has 1 fully saturated rings. The zero-order valence-electron chi connectivity index (χ0n) is 13.0. The number of halogens is 1. The third-order valence-electron chi connectivity index (χ3n) is 4.66. The monoisotopic (exact) mass is 351 g/mol. The predicted octanol–water partition coefficient (Wildman–Crippen LogP) is 4.64. The highest BCUT2D eigenvalue weighted by atomic mass is 79.9. The first-order valence-electron chi connectivity index (χ1n) is 8.12. The molecule has 116 valence electrons. The van der Waals surface area contributed by atoms with Crippen LogP contribution in [0.1, 0.15) is 57.4 Å². The van der Waals surface area contributed by atoms with Gasteiger partial charge >= 0.3 is 0 Å². The van der Waals surface area contributed by atoms with Crippen LogP contribution in [0.5, 0.6) is 0 Å². The molecule has 0 heterocycles. The Morgan fingerprint density at radius 1 is 1.29 bits per heavy atom. The molecule has 0 aromatic heterocycles. The minimum Gasteiger partial charge on any atom is -0.352 e. The Hall–Kier alpha value is -0.830. The van der Waals surface area contributed by atoms with Gasteiger partial charge in [0, 0.05) is 10.9 Å². The van der Waals surface area contributed by atoms with E-state index >= 15 is 0 Å². The second kappa shape index (κ2) is 7.98. The summed E-state index contributed by atoms with van der Waals surface area (Å²) in [6, 6.07) is 10.5. The van der Waals surface area contributed by atoms with Crippen LogP contribution >= 0.6 is 15.9 Å². The van der Waals surface area contributed by atoms with Crippen molar-refractivity contribution >= 4 is 21.8 Å². The molecule has 0 bridgehead atoms. The van der Waals surface area contributed by atoms with Crippen molar-refractivity contribution in [1.82, 2.24) is 5.32 Å². The molecule has 1 N–H and O–H groups in total. The van der Waals surface area contributed by atoms with Crippen LogP contribution in [-0.4, -0.2) is 16.8 Å². The van der Waals surface area contributed by atoms with Gasteiger partial charge in [-0.15, -0.1) is 0 Å². The predicted molar refractivity (Wildman–Crippen MR) is 91.8 cm³/mol. The van der Waals surface area contributed by atoms with E-state index in [0.29, 0.717) is 10.7 Å². The van der Waals surface area contributed by atoms with E-state index in [1.165, 1.54) is 12.8 Å². The average molecular weight is 352 g/mol. The minimum absolute atomic E-state index is 0.0437. The normalized spacial score (nSPS) is 25.1. The zero-order valence-corrected chi connectivity index (χ0v) is 14.6. The summed E-state index contributed by atoms with van der Waals surface area (Å²) in [5.41, 5.74) is 1.13. The topological polar surface area (TPSA) is 29.1 Å². The standard InChI is InChI=1S/C18H26BrNO/c1-3-13(2)17(14-9-5-4-6-10-14)18(21)20-16-12-8-7-11-15(16)19/h4-6,9-10,13,15-17H,3,7-8,11-12H2,1-2H3,(H,20,21). The van der Waals surface area contributed by atoms with Crippen LogP contribution in [0.15, 0.2) is 30.3 Å². The van der Waals surface area contributed by atoms with Gasteiger partial charge in [0.1, 0.15) is 0 Å². The highest BCUT2D eigenvalue weighted by Crippen LogP contribution is 2.29. The Kier molecular flexibility index (Phi) is 6.28. The van der Waals surface area contributed by atoms with Crippen LogP contribution < -0.4 is 5.32 Å². The molecule has 1 amide bonds. The van der Waals surface area contributed by atoms with Crippen molar-refractivity contribution in [2.24, 2.45) is 5.92 Å². The van der Waals surface area contributed by atoms with Crippen LogP contribution in [0.3, 0.4) is 0 Å². The Morgan fingerprint density at radius 2 is 1.95 bits per heavy atom. The quantitative estimate of drug-likeness (QED) is 0.769. The van der Waals surface area contributed by atoms with Gasteiger partial charge in [-0.1, -0.05) is 79.4 Å². The van der Waals surface area contributed by atoms with Crippen molar-refractivity contribution in [3.63, 3.8) is 0 Å². The van der Waals surface area contributed by atoms with Crippen molar-refractivity contribution in [2.45, 2.75) is 62.7 Å². The molecule has 1 aliphatic rings.